The van der Waals surface area contributed by atoms with Crippen molar-refractivity contribution in [3.8, 4) is 11.1 Å². The van der Waals surface area contributed by atoms with Crippen LogP contribution in [-0.2, 0) is 16.0 Å². The number of carbonyl (C=O) groups excluding carboxylic acids is 2. The van der Waals surface area contributed by atoms with E-state index in [0.717, 1.165) is 29.7 Å². The van der Waals surface area contributed by atoms with Crippen molar-refractivity contribution in [2.24, 2.45) is 11.7 Å². The van der Waals surface area contributed by atoms with Crippen molar-refractivity contribution < 1.29 is 9.59 Å². The Morgan fingerprint density at radius 3 is 2.76 bits per heavy atom. The molecule has 1 unspecified atom stereocenters. The molecule has 154 valence electrons. The summed E-state index contributed by atoms with van der Waals surface area (Å²) >= 11 is 0. The minimum Gasteiger partial charge on any atom is -0.341 e. The predicted molar refractivity (Wildman–Crippen MR) is 114 cm³/mol. The fourth-order valence-electron chi connectivity index (χ4n) is 3.96. The van der Waals surface area contributed by atoms with Gasteiger partial charge in [0, 0.05) is 57.1 Å². The Morgan fingerprint density at radius 2 is 2.03 bits per heavy atom. The molecule has 1 aliphatic rings. The highest BCUT2D eigenvalue weighted by Crippen LogP contribution is 2.27. The molecule has 6 nitrogen and oxygen atoms in total. The Kier molecular flexibility index (Phi) is 7.36. The van der Waals surface area contributed by atoms with Crippen LogP contribution in [0.3, 0.4) is 0 Å². The van der Waals surface area contributed by atoms with E-state index in [0.29, 0.717) is 39.0 Å². The smallest absolute Gasteiger partial charge is 0.227 e. The van der Waals surface area contributed by atoms with E-state index in [1.54, 1.807) is 6.20 Å². The topological polar surface area (TPSA) is 79.5 Å². The maximum atomic E-state index is 13.3. The molecule has 2 N–H and O–H groups in total. The fraction of sp³-hybridized carbons (Fsp3) is 0.435. The molecular weight excluding hydrogens is 364 g/mol. The molecule has 2 aromatic rings. The van der Waals surface area contributed by atoms with Crippen molar-refractivity contribution >= 4 is 11.8 Å². The van der Waals surface area contributed by atoms with Crippen molar-refractivity contribution in [3.63, 3.8) is 0 Å². The van der Waals surface area contributed by atoms with Crippen molar-refractivity contribution in [2.75, 3.05) is 32.7 Å². The number of amides is 2. The standard InChI is InChI=1S/C23H30N4O2/c1-2-12-26-13-14-27(22(28)9-10-24)17-20(23(26)29)15-18-6-3-4-8-21(18)19-7-5-11-25-16-19/h3-8,11,16,20H,2,9-10,12-15,17,24H2,1H3. The van der Waals surface area contributed by atoms with E-state index >= 15 is 0 Å². The van der Waals surface area contributed by atoms with Gasteiger partial charge >= 0.3 is 0 Å². The maximum absolute atomic E-state index is 13.3. The number of carbonyl (C=O) groups is 2. The summed E-state index contributed by atoms with van der Waals surface area (Å²) in [7, 11) is 0. The summed E-state index contributed by atoms with van der Waals surface area (Å²) in [5.74, 6) is -0.0938. The highest BCUT2D eigenvalue weighted by molar-refractivity contribution is 5.83. The third kappa shape index (κ3) is 5.21. The van der Waals surface area contributed by atoms with Gasteiger partial charge in [-0.1, -0.05) is 37.3 Å². The highest BCUT2D eigenvalue weighted by atomic mass is 16.2. The SMILES string of the molecule is CCCN1CCN(C(=O)CCN)CC(Cc2ccccc2-c2cccnc2)C1=O. The van der Waals surface area contributed by atoms with Crippen LogP contribution in [0.5, 0.6) is 0 Å². The molecule has 0 radical (unpaired) electrons. The molecule has 6 heteroatoms. The van der Waals surface area contributed by atoms with Gasteiger partial charge in [0.1, 0.15) is 0 Å². The van der Waals surface area contributed by atoms with Crippen LogP contribution in [-0.4, -0.2) is 59.3 Å². The molecule has 1 aromatic carbocycles. The Labute approximate surface area is 172 Å². The van der Waals surface area contributed by atoms with E-state index in [-0.39, 0.29) is 17.7 Å². The Bertz CT molecular complexity index is 825. The summed E-state index contributed by atoms with van der Waals surface area (Å²) in [5.41, 5.74) is 8.81. The first kappa shape index (κ1) is 21.0. The van der Waals surface area contributed by atoms with Gasteiger partial charge < -0.3 is 15.5 Å². The number of hydrogen-bond acceptors (Lipinski definition) is 4. The molecule has 1 atom stereocenters. The van der Waals surface area contributed by atoms with Gasteiger partial charge in [-0.3, -0.25) is 14.6 Å². The van der Waals surface area contributed by atoms with Crippen LogP contribution in [0.4, 0.5) is 0 Å². The molecule has 2 heterocycles. The summed E-state index contributed by atoms with van der Waals surface area (Å²) in [5, 5.41) is 0. The van der Waals surface area contributed by atoms with Crippen LogP contribution < -0.4 is 5.73 Å². The van der Waals surface area contributed by atoms with E-state index < -0.39 is 0 Å². The summed E-state index contributed by atoms with van der Waals surface area (Å²) in [6.07, 6.45) is 5.41. The van der Waals surface area contributed by atoms with Crippen LogP contribution in [0.1, 0.15) is 25.3 Å². The van der Waals surface area contributed by atoms with Gasteiger partial charge in [-0.15, -0.1) is 0 Å². The molecule has 1 aromatic heterocycles. The lowest BCUT2D eigenvalue weighted by molar-refractivity contribution is -0.135. The van der Waals surface area contributed by atoms with Crippen LogP contribution >= 0.6 is 0 Å². The zero-order valence-corrected chi connectivity index (χ0v) is 17.1. The third-order valence-electron chi connectivity index (χ3n) is 5.40. The summed E-state index contributed by atoms with van der Waals surface area (Å²) in [6, 6.07) is 12.1. The van der Waals surface area contributed by atoms with Crippen molar-refractivity contribution in [2.45, 2.75) is 26.2 Å². The zero-order chi connectivity index (χ0) is 20.6. The number of benzene rings is 1. The number of aromatic nitrogens is 1. The Balaban J connectivity index is 1.88. The van der Waals surface area contributed by atoms with Gasteiger partial charge in [0.05, 0.1) is 5.92 Å². The molecule has 3 rings (SSSR count). The Morgan fingerprint density at radius 1 is 1.21 bits per heavy atom. The molecule has 1 fully saturated rings. The van der Waals surface area contributed by atoms with Gasteiger partial charge in [-0.2, -0.15) is 0 Å². The zero-order valence-electron chi connectivity index (χ0n) is 17.1. The summed E-state index contributed by atoms with van der Waals surface area (Å²) in [4.78, 5) is 33.7. The molecule has 0 saturated carbocycles. The fourth-order valence-corrected chi connectivity index (χ4v) is 3.96. The number of rotatable bonds is 7. The van der Waals surface area contributed by atoms with Crippen molar-refractivity contribution in [3.05, 3.63) is 54.4 Å². The van der Waals surface area contributed by atoms with Crippen molar-refractivity contribution in [1.82, 2.24) is 14.8 Å². The van der Waals surface area contributed by atoms with Gasteiger partial charge in [-0.25, -0.2) is 0 Å². The minimum absolute atomic E-state index is 0.0317. The number of pyridine rings is 1. The van der Waals surface area contributed by atoms with Gasteiger partial charge in [0.2, 0.25) is 11.8 Å². The normalized spacial score (nSPS) is 17.3. The third-order valence-corrected chi connectivity index (χ3v) is 5.40. The first-order valence-corrected chi connectivity index (χ1v) is 10.4. The van der Waals surface area contributed by atoms with E-state index in [1.165, 1.54) is 0 Å². The predicted octanol–water partition coefficient (Wildman–Crippen LogP) is 2.34. The molecule has 0 aliphatic carbocycles. The first-order valence-electron chi connectivity index (χ1n) is 10.4. The molecule has 1 saturated heterocycles. The molecule has 29 heavy (non-hydrogen) atoms. The van der Waals surface area contributed by atoms with Crippen LogP contribution in [0.2, 0.25) is 0 Å². The molecule has 0 spiro atoms. The lowest BCUT2D eigenvalue weighted by Gasteiger charge is -2.24. The second kappa shape index (κ2) is 10.2. The first-order chi connectivity index (χ1) is 14.1. The van der Waals surface area contributed by atoms with E-state index in [4.69, 9.17) is 5.73 Å². The maximum Gasteiger partial charge on any atom is 0.227 e. The average molecular weight is 395 g/mol. The van der Waals surface area contributed by atoms with Gasteiger partial charge in [0.15, 0.2) is 0 Å². The summed E-state index contributed by atoms with van der Waals surface area (Å²) < 4.78 is 0. The molecule has 0 bridgehead atoms. The highest BCUT2D eigenvalue weighted by Gasteiger charge is 2.32. The summed E-state index contributed by atoms with van der Waals surface area (Å²) in [6.45, 7) is 4.73. The van der Waals surface area contributed by atoms with E-state index in [2.05, 4.69) is 24.0 Å². The van der Waals surface area contributed by atoms with Gasteiger partial charge in [-0.05, 0) is 30.0 Å². The monoisotopic (exact) mass is 394 g/mol. The number of nitrogens with zero attached hydrogens (tertiary/aromatic N) is 3. The molecular formula is C23H30N4O2. The van der Waals surface area contributed by atoms with Crippen LogP contribution in [0.15, 0.2) is 48.8 Å². The average Bonchev–Trinajstić information content (AvgIpc) is 2.89. The van der Waals surface area contributed by atoms with Crippen LogP contribution in [0, 0.1) is 5.92 Å². The van der Waals surface area contributed by atoms with E-state index in [1.807, 2.05) is 40.3 Å². The quantitative estimate of drug-likeness (QED) is 0.782. The molecule has 1 aliphatic heterocycles. The second-order valence-corrected chi connectivity index (χ2v) is 7.50. The number of nitrogens with two attached hydrogens (primary N) is 1. The van der Waals surface area contributed by atoms with Crippen molar-refractivity contribution in [1.29, 1.82) is 0 Å². The lowest BCUT2D eigenvalue weighted by Crippen LogP contribution is -2.38. The minimum atomic E-state index is -0.261. The second-order valence-electron chi connectivity index (χ2n) is 7.50. The van der Waals surface area contributed by atoms with Crippen LogP contribution in [0.25, 0.3) is 11.1 Å². The Hall–Kier alpha value is -2.73. The largest absolute Gasteiger partial charge is 0.341 e. The lowest BCUT2D eigenvalue weighted by atomic mass is 9.91. The van der Waals surface area contributed by atoms with Gasteiger partial charge in [0.25, 0.3) is 0 Å². The van der Waals surface area contributed by atoms with E-state index in [9.17, 15) is 9.59 Å². The molecule has 2 amide bonds. The number of hydrogen-bond donors (Lipinski definition) is 1.